The van der Waals surface area contributed by atoms with Crippen molar-refractivity contribution in [2.75, 3.05) is 6.54 Å². The second kappa shape index (κ2) is 6.58. The molecule has 0 fully saturated rings. The van der Waals surface area contributed by atoms with Crippen molar-refractivity contribution in [3.63, 3.8) is 0 Å². The zero-order valence-electron chi connectivity index (χ0n) is 13.4. The number of nitrogens with zero attached hydrogens (tertiary/aromatic N) is 4. The summed E-state index contributed by atoms with van der Waals surface area (Å²) >= 11 is 0. The van der Waals surface area contributed by atoms with Gasteiger partial charge in [0, 0.05) is 31.7 Å². The molecule has 0 aliphatic heterocycles. The maximum absolute atomic E-state index is 12.9. The first kappa shape index (κ1) is 17.0. The Bertz CT molecular complexity index is 883. The molecule has 0 saturated carbocycles. The van der Waals surface area contributed by atoms with Crippen molar-refractivity contribution in [3.05, 3.63) is 54.0 Å². The minimum Gasteiger partial charge on any atom is -0.351 e. The first-order valence-corrected chi connectivity index (χ1v) is 7.66. The molecule has 6 nitrogen and oxygen atoms in total. The number of carbonyl (C=O) groups excluding carboxylic acids is 1. The molecular weight excluding hydrogens is 335 g/mol. The van der Waals surface area contributed by atoms with Gasteiger partial charge in [-0.3, -0.25) is 9.20 Å². The fourth-order valence-corrected chi connectivity index (χ4v) is 2.57. The van der Waals surface area contributed by atoms with Gasteiger partial charge in [-0.25, -0.2) is 9.97 Å². The summed E-state index contributed by atoms with van der Waals surface area (Å²) in [7, 11) is 0. The van der Waals surface area contributed by atoms with Crippen molar-refractivity contribution in [3.8, 4) is 0 Å². The maximum atomic E-state index is 12.9. The van der Waals surface area contributed by atoms with E-state index in [4.69, 9.17) is 0 Å². The molecule has 3 aromatic heterocycles. The fraction of sp³-hybridized carbons (Fsp3) is 0.312. The maximum Gasteiger partial charge on any atom is 0.417 e. The van der Waals surface area contributed by atoms with Crippen molar-refractivity contribution >= 4 is 11.6 Å². The third-order valence-corrected chi connectivity index (χ3v) is 3.77. The van der Waals surface area contributed by atoms with Gasteiger partial charge in [-0.2, -0.15) is 13.2 Å². The number of alkyl halides is 3. The van der Waals surface area contributed by atoms with E-state index in [-0.39, 0.29) is 5.69 Å². The monoisotopic (exact) mass is 351 g/mol. The molecule has 0 aromatic carbocycles. The quantitative estimate of drug-likeness (QED) is 0.719. The van der Waals surface area contributed by atoms with E-state index in [0.29, 0.717) is 30.9 Å². The number of pyridine rings is 1. The van der Waals surface area contributed by atoms with Crippen LogP contribution in [-0.2, 0) is 12.7 Å². The number of nitrogens with one attached hydrogen (secondary N) is 1. The predicted octanol–water partition coefficient (Wildman–Crippen LogP) is 2.68. The summed E-state index contributed by atoms with van der Waals surface area (Å²) in [4.78, 5) is 20.5. The molecule has 0 saturated heterocycles. The van der Waals surface area contributed by atoms with Gasteiger partial charge in [0.1, 0.15) is 11.3 Å². The molecule has 0 aliphatic carbocycles. The van der Waals surface area contributed by atoms with Gasteiger partial charge in [0.2, 0.25) is 0 Å². The summed E-state index contributed by atoms with van der Waals surface area (Å²) in [6.45, 7) is 2.67. The van der Waals surface area contributed by atoms with Crippen LogP contribution in [0.4, 0.5) is 13.2 Å². The first-order valence-electron chi connectivity index (χ1n) is 7.66. The molecule has 1 N–H and O–H groups in total. The number of halogens is 3. The number of hydrogen-bond acceptors (Lipinski definition) is 3. The van der Waals surface area contributed by atoms with Crippen molar-refractivity contribution in [1.29, 1.82) is 0 Å². The zero-order valence-corrected chi connectivity index (χ0v) is 13.4. The number of aromatic nitrogens is 4. The van der Waals surface area contributed by atoms with Gasteiger partial charge in [-0.05, 0) is 25.5 Å². The molecule has 0 spiro atoms. The number of carbonyl (C=O) groups is 1. The Morgan fingerprint density at radius 1 is 1.32 bits per heavy atom. The number of hydrogen-bond donors (Lipinski definition) is 1. The van der Waals surface area contributed by atoms with Crippen molar-refractivity contribution in [2.24, 2.45) is 0 Å². The second-order valence-electron chi connectivity index (χ2n) is 5.60. The second-order valence-corrected chi connectivity index (χ2v) is 5.60. The summed E-state index contributed by atoms with van der Waals surface area (Å²) in [5, 5.41) is 2.72. The van der Waals surface area contributed by atoms with Crippen LogP contribution in [0, 0.1) is 6.92 Å². The van der Waals surface area contributed by atoms with Crippen molar-refractivity contribution in [2.45, 2.75) is 26.1 Å². The van der Waals surface area contributed by atoms with E-state index in [9.17, 15) is 18.0 Å². The molecule has 1 amide bonds. The van der Waals surface area contributed by atoms with Crippen LogP contribution in [0.2, 0.25) is 0 Å². The van der Waals surface area contributed by atoms with Crippen LogP contribution in [-0.4, -0.2) is 31.4 Å². The largest absolute Gasteiger partial charge is 0.417 e. The van der Waals surface area contributed by atoms with Crippen LogP contribution in [0.1, 0.15) is 28.2 Å². The minimum absolute atomic E-state index is 0.115. The molecule has 3 heterocycles. The Morgan fingerprint density at radius 3 is 2.80 bits per heavy atom. The van der Waals surface area contributed by atoms with E-state index >= 15 is 0 Å². The Labute approximate surface area is 141 Å². The van der Waals surface area contributed by atoms with E-state index < -0.39 is 17.6 Å². The number of fused-ring (bicyclic) bond motifs is 1. The number of amides is 1. The lowest BCUT2D eigenvalue weighted by Gasteiger charge is -2.09. The molecule has 0 aliphatic rings. The number of aryl methyl sites for hydroxylation is 2. The summed E-state index contributed by atoms with van der Waals surface area (Å²) in [6.07, 6.45) is 2.25. The van der Waals surface area contributed by atoms with E-state index in [1.54, 1.807) is 19.4 Å². The van der Waals surface area contributed by atoms with Gasteiger partial charge in [0.25, 0.3) is 5.91 Å². The van der Waals surface area contributed by atoms with Crippen LogP contribution in [0.15, 0.2) is 37.1 Å². The lowest BCUT2D eigenvalue weighted by Crippen LogP contribution is -2.27. The topological polar surface area (TPSA) is 64.2 Å². The third-order valence-electron chi connectivity index (χ3n) is 3.77. The molecular formula is C16H16F3N5O. The zero-order chi connectivity index (χ0) is 18.0. The number of rotatable bonds is 5. The fourth-order valence-electron chi connectivity index (χ4n) is 2.57. The lowest BCUT2D eigenvalue weighted by molar-refractivity contribution is -0.137. The molecule has 3 aromatic rings. The highest BCUT2D eigenvalue weighted by Gasteiger charge is 2.31. The van der Waals surface area contributed by atoms with Crippen LogP contribution < -0.4 is 5.32 Å². The summed E-state index contributed by atoms with van der Waals surface area (Å²) in [6, 6.07) is 2.21. The molecule has 0 radical (unpaired) electrons. The highest BCUT2D eigenvalue weighted by molar-refractivity contribution is 5.94. The Morgan fingerprint density at radius 2 is 2.12 bits per heavy atom. The van der Waals surface area contributed by atoms with Crippen LogP contribution in [0.25, 0.3) is 5.65 Å². The Balaban J connectivity index is 1.74. The minimum atomic E-state index is -4.48. The predicted molar refractivity (Wildman–Crippen MR) is 84.1 cm³/mol. The van der Waals surface area contributed by atoms with Crippen LogP contribution >= 0.6 is 0 Å². The highest BCUT2D eigenvalue weighted by atomic mass is 19.4. The molecule has 25 heavy (non-hydrogen) atoms. The van der Waals surface area contributed by atoms with E-state index in [1.165, 1.54) is 10.5 Å². The standard InChI is InChI=1S/C16H16F3N5O/c1-11-14(15(25)21-5-2-7-23-8-6-20-10-23)24-9-12(16(17,18)19)3-4-13(24)22-11/h3-4,6,8-10H,2,5,7H2,1H3,(H,21,25). The van der Waals surface area contributed by atoms with Crippen molar-refractivity contribution < 1.29 is 18.0 Å². The van der Waals surface area contributed by atoms with Gasteiger partial charge >= 0.3 is 6.18 Å². The molecule has 9 heteroatoms. The average molecular weight is 351 g/mol. The lowest BCUT2D eigenvalue weighted by atomic mass is 10.2. The van der Waals surface area contributed by atoms with Crippen LogP contribution in [0.5, 0.6) is 0 Å². The number of imidazole rings is 2. The summed E-state index contributed by atoms with van der Waals surface area (Å²) in [5.74, 6) is -0.449. The van der Waals surface area contributed by atoms with E-state index in [0.717, 1.165) is 12.3 Å². The van der Waals surface area contributed by atoms with Gasteiger partial charge < -0.3 is 9.88 Å². The smallest absolute Gasteiger partial charge is 0.351 e. The van der Waals surface area contributed by atoms with E-state index in [1.807, 2.05) is 10.8 Å². The molecule has 0 unspecified atom stereocenters. The normalized spacial score (nSPS) is 11.8. The van der Waals surface area contributed by atoms with Gasteiger partial charge in [0.15, 0.2) is 0 Å². The SMILES string of the molecule is Cc1nc2ccc(C(F)(F)F)cn2c1C(=O)NCCCn1ccnc1. The average Bonchev–Trinajstić information content (AvgIpc) is 3.16. The first-order chi connectivity index (χ1) is 11.9. The summed E-state index contributed by atoms with van der Waals surface area (Å²) in [5.41, 5.74) is -0.0317. The highest BCUT2D eigenvalue weighted by Crippen LogP contribution is 2.29. The summed E-state index contributed by atoms with van der Waals surface area (Å²) < 4.78 is 41.8. The van der Waals surface area contributed by atoms with Crippen molar-refractivity contribution in [1.82, 2.24) is 24.3 Å². The molecule has 0 bridgehead atoms. The molecule has 3 rings (SSSR count). The van der Waals surface area contributed by atoms with Gasteiger partial charge in [0.05, 0.1) is 17.6 Å². The molecule has 132 valence electrons. The van der Waals surface area contributed by atoms with E-state index in [2.05, 4.69) is 15.3 Å². The Hall–Kier alpha value is -2.84. The molecule has 0 atom stereocenters. The Kier molecular flexibility index (Phi) is 4.47. The van der Waals surface area contributed by atoms with Crippen LogP contribution in [0.3, 0.4) is 0 Å². The van der Waals surface area contributed by atoms with Gasteiger partial charge in [-0.1, -0.05) is 0 Å². The van der Waals surface area contributed by atoms with Gasteiger partial charge in [-0.15, -0.1) is 0 Å². The third kappa shape index (κ3) is 3.65.